The number of pyridine rings is 2. The molecular weight excluding hydrogens is 455 g/mol. The summed E-state index contributed by atoms with van der Waals surface area (Å²) in [7, 11) is 0. The van der Waals surface area contributed by atoms with Crippen LogP contribution in [0.3, 0.4) is 0 Å². The van der Waals surface area contributed by atoms with Crippen LogP contribution in [0.25, 0.3) is 11.0 Å². The van der Waals surface area contributed by atoms with E-state index in [0.29, 0.717) is 17.5 Å². The Hall–Kier alpha value is -3.03. The van der Waals surface area contributed by atoms with Gasteiger partial charge in [0.2, 0.25) is 0 Å². The van der Waals surface area contributed by atoms with Gasteiger partial charge >= 0.3 is 0 Å². The molecule has 0 saturated heterocycles. The van der Waals surface area contributed by atoms with Crippen LogP contribution in [0.15, 0.2) is 41.3 Å². The fourth-order valence-electron chi connectivity index (χ4n) is 3.56. The summed E-state index contributed by atoms with van der Waals surface area (Å²) in [5, 5.41) is 21.6. The molecule has 10 nitrogen and oxygen atoms in total. The van der Waals surface area contributed by atoms with E-state index < -0.39 is 40.8 Å². The number of carbonyl (C=O) groups is 1. The number of aliphatic hydroxyl groups excluding tert-OH is 1. The molecule has 0 aliphatic carbocycles. The highest BCUT2D eigenvalue weighted by atomic mass is 32.2. The second kappa shape index (κ2) is 10.7. The Morgan fingerprint density at radius 1 is 1.27 bits per heavy atom. The Balaban J connectivity index is 2.14. The molecule has 1 amide bonds. The van der Waals surface area contributed by atoms with E-state index in [1.54, 1.807) is 18.2 Å². The molecule has 0 aliphatic rings. The van der Waals surface area contributed by atoms with Crippen LogP contribution in [0.5, 0.6) is 0 Å². The van der Waals surface area contributed by atoms with Gasteiger partial charge < -0.3 is 30.4 Å². The van der Waals surface area contributed by atoms with Gasteiger partial charge in [-0.1, -0.05) is 12.1 Å². The number of fused-ring (bicyclic) bond motifs is 1. The number of benzene rings is 1. The quantitative estimate of drug-likeness (QED) is 0.172. The largest absolute Gasteiger partial charge is 0.771 e. The van der Waals surface area contributed by atoms with E-state index in [4.69, 9.17) is 5.73 Å². The highest BCUT2D eigenvalue weighted by molar-refractivity contribution is 7.79. The number of hydrogen-bond acceptors (Lipinski definition) is 8. The first-order chi connectivity index (χ1) is 15.7. The summed E-state index contributed by atoms with van der Waals surface area (Å²) in [6, 6.07) is 7.54. The van der Waals surface area contributed by atoms with Crippen molar-refractivity contribution in [3.8, 4) is 0 Å². The number of rotatable bonds is 10. The number of halogens is 1. The number of nitrogens with one attached hydrogen (secondary N) is 1. The number of nitrogens with zero attached hydrogens (tertiary/aromatic N) is 2. The van der Waals surface area contributed by atoms with Crippen LogP contribution in [0.2, 0.25) is 0 Å². The van der Waals surface area contributed by atoms with Gasteiger partial charge in [-0.3, -0.25) is 18.8 Å². The number of nitrogens with two attached hydrogens (primary N) is 1. The van der Waals surface area contributed by atoms with E-state index in [2.05, 4.69) is 10.3 Å². The lowest BCUT2D eigenvalue weighted by Crippen LogP contribution is -2.35. The van der Waals surface area contributed by atoms with E-state index in [0.717, 1.165) is 5.56 Å². The monoisotopic (exact) mass is 477 g/mol. The van der Waals surface area contributed by atoms with Crippen molar-refractivity contribution in [2.45, 2.75) is 25.7 Å². The smallest absolute Gasteiger partial charge is 0.264 e. The van der Waals surface area contributed by atoms with Crippen molar-refractivity contribution in [2.75, 3.05) is 12.4 Å². The van der Waals surface area contributed by atoms with Crippen molar-refractivity contribution in [1.29, 1.82) is 0 Å². The Labute approximate surface area is 190 Å². The van der Waals surface area contributed by atoms with Gasteiger partial charge in [0.05, 0.1) is 16.9 Å². The molecule has 0 bridgehead atoms. The Kier molecular flexibility index (Phi) is 8.00. The van der Waals surface area contributed by atoms with Gasteiger partial charge in [0.1, 0.15) is 11.4 Å². The molecule has 5 N–H and O–H groups in total. The van der Waals surface area contributed by atoms with Crippen LogP contribution in [-0.4, -0.2) is 53.1 Å². The van der Waals surface area contributed by atoms with Crippen LogP contribution < -0.4 is 16.6 Å². The normalized spacial score (nSPS) is 12.4. The van der Waals surface area contributed by atoms with Crippen molar-refractivity contribution >= 4 is 28.0 Å². The maximum absolute atomic E-state index is 13.2. The minimum Gasteiger partial charge on any atom is -0.771 e. The number of primary amides is 1. The average molecular weight is 477 g/mol. The minimum absolute atomic E-state index is 0.00352. The lowest BCUT2D eigenvalue weighted by atomic mass is 10.0. The Bertz CT molecular complexity index is 1250. The van der Waals surface area contributed by atoms with E-state index in [1.807, 2.05) is 0 Å². The average Bonchev–Trinajstić information content (AvgIpc) is 2.73. The molecule has 0 spiro atoms. The molecule has 1 aromatic carbocycles. The summed E-state index contributed by atoms with van der Waals surface area (Å²) < 4.78 is 35.9. The maximum Gasteiger partial charge on any atom is 0.264 e. The van der Waals surface area contributed by atoms with Gasteiger partial charge in [-0.15, -0.1) is 0 Å². The molecule has 3 rings (SSSR count). The molecule has 33 heavy (non-hydrogen) atoms. The molecule has 1 atom stereocenters. The van der Waals surface area contributed by atoms with Crippen LogP contribution in [-0.2, 0) is 30.5 Å². The predicted octanol–water partition coefficient (Wildman–Crippen LogP) is -0.495. The molecule has 176 valence electrons. The van der Waals surface area contributed by atoms with Gasteiger partial charge in [0, 0.05) is 31.3 Å². The fraction of sp³-hybridized carbons (Fsp3) is 0.286. The molecular formula is C21H22FN4O6S-. The van der Waals surface area contributed by atoms with Crippen LogP contribution in [0.4, 0.5) is 4.39 Å². The molecule has 0 aliphatic heterocycles. The fourth-order valence-corrected chi connectivity index (χ4v) is 3.87. The second-order valence-electron chi connectivity index (χ2n) is 7.32. The molecule has 12 heteroatoms. The molecule has 0 fully saturated rings. The van der Waals surface area contributed by atoms with Crippen LogP contribution in [0.1, 0.15) is 27.0 Å². The third-order valence-corrected chi connectivity index (χ3v) is 5.39. The molecule has 2 heterocycles. The van der Waals surface area contributed by atoms with Gasteiger partial charge in [0.15, 0.2) is 6.29 Å². The topological polar surface area (TPSA) is 171 Å². The minimum atomic E-state index is -2.32. The number of aromatic nitrogens is 2. The summed E-state index contributed by atoms with van der Waals surface area (Å²) in [5.41, 5.74) is 6.23. The standard InChI is InChI=1S/C21H23FN4O6S/c22-14-3-1-12(2-4-14)7-13-8-16-19(25-10-13)15(9-17(27)28)18(20(23)29)21(30)26(16)6-5-24-11-33(31)32/h1-4,8,10,17,24,27-28H,5-7,9,11H2,(H2,23,29)(H,31,32)/p-1. The first kappa shape index (κ1) is 24.6. The highest BCUT2D eigenvalue weighted by Crippen LogP contribution is 2.22. The molecule has 2 aromatic heterocycles. The lowest BCUT2D eigenvalue weighted by molar-refractivity contribution is -0.0380. The number of hydrogen-bond donors (Lipinski definition) is 4. The summed E-state index contributed by atoms with van der Waals surface area (Å²) >= 11 is -2.32. The first-order valence-electron chi connectivity index (χ1n) is 9.88. The predicted molar refractivity (Wildman–Crippen MR) is 117 cm³/mol. The Morgan fingerprint density at radius 3 is 2.58 bits per heavy atom. The van der Waals surface area contributed by atoms with E-state index in [-0.39, 0.29) is 35.9 Å². The Morgan fingerprint density at radius 2 is 1.97 bits per heavy atom. The zero-order valence-corrected chi connectivity index (χ0v) is 18.2. The van der Waals surface area contributed by atoms with Crippen molar-refractivity contribution in [3.05, 3.63) is 75.0 Å². The zero-order chi connectivity index (χ0) is 24.1. The molecule has 0 saturated carbocycles. The van der Waals surface area contributed by atoms with E-state index >= 15 is 0 Å². The molecule has 1 unspecified atom stereocenters. The first-order valence-corrected chi connectivity index (χ1v) is 11.1. The summed E-state index contributed by atoms with van der Waals surface area (Å²) in [6.07, 6.45) is -0.406. The molecule has 3 aromatic rings. The lowest BCUT2D eigenvalue weighted by Gasteiger charge is -2.18. The third kappa shape index (κ3) is 6.06. The SMILES string of the molecule is NC(=O)c1c(CC(O)O)c2ncc(Cc3ccc(F)cc3)cc2n(CCNCS(=O)[O-])c1=O. The van der Waals surface area contributed by atoms with Crippen molar-refractivity contribution in [2.24, 2.45) is 5.73 Å². The van der Waals surface area contributed by atoms with Gasteiger partial charge in [-0.05, 0) is 46.8 Å². The van der Waals surface area contributed by atoms with Gasteiger partial charge in [-0.2, -0.15) is 0 Å². The van der Waals surface area contributed by atoms with Crippen LogP contribution >= 0.6 is 0 Å². The summed E-state index contributed by atoms with van der Waals surface area (Å²) in [6.45, 7) is 0.0851. The van der Waals surface area contributed by atoms with E-state index in [1.165, 1.54) is 22.9 Å². The number of carbonyl (C=O) groups excluding carboxylic acids is 1. The van der Waals surface area contributed by atoms with Gasteiger partial charge in [-0.25, -0.2) is 4.39 Å². The number of amides is 1. The van der Waals surface area contributed by atoms with Crippen LogP contribution in [0, 0.1) is 5.82 Å². The van der Waals surface area contributed by atoms with Crippen molar-refractivity contribution in [1.82, 2.24) is 14.9 Å². The second-order valence-corrected chi connectivity index (χ2v) is 8.22. The summed E-state index contributed by atoms with van der Waals surface area (Å²) in [5.74, 6) is -1.74. The van der Waals surface area contributed by atoms with Gasteiger partial charge in [0.25, 0.3) is 11.5 Å². The van der Waals surface area contributed by atoms with E-state index in [9.17, 15) is 33.0 Å². The van der Waals surface area contributed by atoms with Crippen molar-refractivity contribution in [3.63, 3.8) is 0 Å². The zero-order valence-electron chi connectivity index (χ0n) is 17.4. The molecule has 0 radical (unpaired) electrons. The maximum atomic E-state index is 13.2. The van der Waals surface area contributed by atoms with Crippen molar-refractivity contribution < 1.29 is 28.2 Å². The number of aliphatic hydroxyl groups is 2. The highest BCUT2D eigenvalue weighted by Gasteiger charge is 2.23. The summed E-state index contributed by atoms with van der Waals surface area (Å²) in [4.78, 5) is 29.6. The third-order valence-electron chi connectivity index (χ3n) is 4.95.